The molecule has 1 aliphatic heterocycles. The molecular formula is C90H81Br2ClFN25O7S2. The molecule has 0 unspecified atom stereocenters. The van der Waals surface area contributed by atoms with Gasteiger partial charge in [-0.2, -0.15) is 47.5 Å². The predicted molar refractivity (Wildman–Crippen MR) is 502 cm³/mol. The lowest BCUT2D eigenvalue weighted by Gasteiger charge is -2.18. The van der Waals surface area contributed by atoms with E-state index in [1.807, 2.05) is 188 Å². The van der Waals surface area contributed by atoms with Crippen LogP contribution in [0.5, 0.6) is 11.5 Å². The van der Waals surface area contributed by atoms with E-state index in [9.17, 15) is 28.4 Å². The van der Waals surface area contributed by atoms with Gasteiger partial charge in [0.1, 0.15) is 17.3 Å². The molecule has 0 saturated carbocycles. The molecule has 0 bridgehead atoms. The SMILES string of the molecule is CCOc1ccc(NCc2cc(=O)n3[nH]c(-c4cccs4)nc3n2)cc1.CCOc1ccccc1NCc1cc(=O)n2[nH]c(-c3ccc(Cl)cc3)nc2n1.O=c1cc(CN2CCCCCC2)nc2nc(-c3cccs3)[nH]n12.O=c1cc(CNc2ccc(Br)cc2)nc2nc(-c3ccc(F)cc3)[nH]n12.O=c1cc(CNc2ccc(Br)cc2)nc2nc(-c3ccccc3)[nH]n12. The van der Waals surface area contributed by atoms with Crippen molar-refractivity contribution in [2.75, 3.05) is 47.6 Å². The van der Waals surface area contributed by atoms with Crippen LogP contribution in [0.15, 0.2) is 274 Å². The van der Waals surface area contributed by atoms with E-state index in [2.05, 4.69) is 133 Å². The van der Waals surface area contributed by atoms with E-state index in [0.717, 1.165) is 89.4 Å². The lowest BCUT2D eigenvalue weighted by Crippen LogP contribution is -2.26. The van der Waals surface area contributed by atoms with Crippen molar-refractivity contribution in [2.24, 2.45) is 0 Å². The molecule has 9 N–H and O–H groups in total. The van der Waals surface area contributed by atoms with Crippen LogP contribution in [0.25, 0.3) is 84.5 Å². The van der Waals surface area contributed by atoms with Gasteiger partial charge in [-0.1, -0.05) is 111 Å². The van der Waals surface area contributed by atoms with Gasteiger partial charge >= 0.3 is 0 Å². The van der Waals surface area contributed by atoms with Gasteiger partial charge in [-0.05, 0) is 196 Å². The minimum atomic E-state index is -0.332. The van der Waals surface area contributed by atoms with E-state index in [0.29, 0.717) is 125 Å². The van der Waals surface area contributed by atoms with E-state index in [-0.39, 0.29) is 39.4 Å². The fourth-order valence-corrected chi connectivity index (χ4v) is 15.5. The third kappa shape index (κ3) is 22.3. The number of aromatic amines is 5. The van der Waals surface area contributed by atoms with Crippen molar-refractivity contribution >= 4 is 118 Å². The molecule has 128 heavy (non-hydrogen) atoms. The number of H-pyrrole nitrogens is 5. The fraction of sp³-hybridized carbons (Fsp3) is 0.167. The molecule has 32 nitrogen and oxygen atoms in total. The van der Waals surface area contributed by atoms with Crippen molar-refractivity contribution < 1.29 is 13.9 Å². The highest BCUT2D eigenvalue weighted by Crippen LogP contribution is 2.28. The summed E-state index contributed by atoms with van der Waals surface area (Å²) in [5.41, 5.74) is 8.32. The third-order valence-electron chi connectivity index (χ3n) is 19.7. The highest BCUT2D eigenvalue weighted by molar-refractivity contribution is 9.10. The van der Waals surface area contributed by atoms with E-state index in [1.165, 1.54) is 84.7 Å². The number of aromatic nitrogens is 20. The average molecular weight is 1900 g/mol. The molecule has 1 fully saturated rings. The van der Waals surface area contributed by atoms with Gasteiger partial charge in [0.05, 0.1) is 83.3 Å². The number of benzene rings is 7. The summed E-state index contributed by atoms with van der Waals surface area (Å²) in [4.78, 5) is 111. The number of ether oxygens (including phenoxy) is 2. The van der Waals surface area contributed by atoms with Crippen LogP contribution in [-0.4, -0.2) is 129 Å². The number of halogens is 4. The zero-order valence-corrected chi connectivity index (χ0v) is 74.2. The summed E-state index contributed by atoms with van der Waals surface area (Å²) in [6.45, 7) is 9.64. The smallest absolute Gasteiger partial charge is 0.274 e. The van der Waals surface area contributed by atoms with Crippen LogP contribution in [0.4, 0.5) is 27.1 Å². The molecule has 20 rings (SSSR count). The van der Waals surface area contributed by atoms with Crippen LogP contribution >= 0.6 is 66.1 Å². The number of nitrogens with one attached hydrogen (secondary N) is 9. The van der Waals surface area contributed by atoms with Crippen molar-refractivity contribution in [3.63, 3.8) is 0 Å². The number of hydrogen-bond acceptors (Lipinski definition) is 24. The average Bonchev–Trinajstić information content (AvgIpc) is 1.67. The Hall–Kier alpha value is -14.4. The molecule has 648 valence electrons. The van der Waals surface area contributed by atoms with Gasteiger partial charge < -0.3 is 30.7 Å². The summed E-state index contributed by atoms with van der Waals surface area (Å²) < 4.78 is 32.8. The highest BCUT2D eigenvalue weighted by Gasteiger charge is 2.19. The minimum Gasteiger partial charge on any atom is -0.494 e. The van der Waals surface area contributed by atoms with Gasteiger partial charge in [0.25, 0.3) is 56.7 Å². The maximum absolute atomic E-state index is 13.1. The van der Waals surface area contributed by atoms with Gasteiger partial charge in [-0.15, -0.1) is 22.7 Å². The lowest BCUT2D eigenvalue weighted by molar-refractivity contribution is 0.273. The topological polar surface area (TPSA) is 385 Å². The summed E-state index contributed by atoms with van der Waals surface area (Å²) in [5, 5.41) is 32.4. The number of thiophene rings is 2. The van der Waals surface area contributed by atoms with Crippen LogP contribution in [0.3, 0.4) is 0 Å². The number of rotatable bonds is 23. The Labute approximate surface area is 757 Å². The van der Waals surface area contributed by atoms with Gasteiger partial charge in [-0.25, -0.2) is 29.3 Å². The molecule has 0 atom stereocenters. The van der Waals surface area contributed by atoms with Crippen LogP contribution in [0.2, 0.25) is 5.02 Å². The molecule has 0 aliphatic carbocycles. The van der Waals surface area contributed by atoms with Gasteiger partial charge in [0.15, 0.2) is 29.1 Å². The number of likely N-dealkylation sites (tertiary alicyclic amines) is 1. The number of hydrogen-bond donors (Lipinski definition) is 9. The molecule has 38 heteroatoms. The Morgan fingerprint density at radius 3 is 1.16 bits per heavy atom. The third-order valence-corrected chi connectivity index (χ3v) is 22.8. The highest BCUT2D eigenvalue weighted by atomic mass is 79.9. The molecule has 1 aliphatic rings. The predicted octanol–water partition coefficient (Wildman–Crippen LogP) is 16.5. The molecule has 7 aromatic carbocycles. The normalized spacial score (nSPS) is 12.0. The minimum absolute atomic E-state index is 0.102. The summed E-state index contributed by atoms with van der Waals surface area (Å²) in [6, 6.07) is 68.9. The van der Waals surface area contributed by atoms with Crippen molar-refractivity contribution in [2.45, 2.75) is 72.3 Å². The van der Waals surface area contributed by atoms with Crippen molar-refractivity contribution in [3.05, 3.63) is 341 Å². The first-order chi connectivity index (χ1) is 62.4. The Morgan fingerprint density at radius 2 is 0.742 bits per heavy atom. The largest absolute Gasteiger partial charge is 0.494 e. The van der Waals surface area contributed by atoms with Crippen LogP contribution in [0, 0.1) is 5.82 Å². The van der Waals surface area contributed by atoms with Crippen LogP contribution in [-0.2, 0) is 32.7 Å². The maximum atomic E-state index is 13.1. The van der Waals surface area contributed by atoms with Gasteiger partial charge in [0.2, 0.25) is 0 Å². The van der Waals surface area contributed by atoms with E-state index in [1.54, 1.807) is 53.0 Å². The number of nitrogens with zero attached hydrogens (tertiary/aromatic N) is 16. The van der Waals surface area contributed by atoms with Crippen molar-refractivity contribution in [1.82, 2.24) is 103 Å². The molecule has 19 aromatic rings. The standard InChI is InChI=1S/C20H18ClN5O2.C18H13BrFN5O.C18H14BrN5O.C18H17N5O2S.C16H19N5OS/c1-2-28-17-6-4-3-5-16(17)22-12-15-11-18(27)26-20(23-15)24-19(25-26)13-7-9-14(21)10-8-13;19-12-3-7-14(8-4-12)21-10-15-9-16(26)25-18(22-15)23-17(24-25)11-1-5-13(20)6-2-11;19-13-6-8-14(9-7-13)20-11-15-10-16(25)24-18(21-15)22-17(23-24)12-4-2-1-3-5-12;1-2-25-14-7-5-12(6-8-14)19-11-13-10-16(24)23-18(20-13)21-17(22-23)15-4-3-9-26-15;22-14-10-12(11-20-7-3-1-2-4-8-20)17-16-18-15(19-21(14)16)13-6-5-9-23-13/h3-11,22H,2,12H2,1H3,(H,23,24,25);1-9,21H,10H2,(H,22,23,24);1-10,20H,11H2,(H,21,22,23);3-10,19H,2,11H2,1H3,(H,20,21,22);5-6,9-10H,1-4,7-8,11H2,(H,17,18,19). The molecule has 0 radical (unpaired) electrons. The monoisotopic (exact) mass is 1900 g/mol. The number of para-hydroxylation sites is 2. The van der Waals surface area contributed by atoms with E-state index < -0.39 is 0 Å². The van der Waals surface area contributed by atoms with E-state index in [4.69, 9.17) is 21.1 Å². The summed E-state index contributed by atoms with van der Waals surface area (Å²) in [7, 11) is 0. The zero-order valence-electron chi connectivity index (χ0n) is 68.6. The van der Waals surface area contributed by atoms with Crippen molar-refractivity contribution in [1.29, 1.82) is 0 Å². The summed E-state index contributed by atoms with van der Waals surface area (Å²) in [5.74, 6) is 5.95. The van der Waals surface area contributed by atoms with Crippen LogP contribution in [0.1, 0.15) is 68.0 Å². The second-order valence-corrected chi connectivity index (χ2v) is 33.0. The summed E-state index contributed by atoms with van der Waals surface area (Å²) >= 11 is 15.9. The summed E-state index contributed by atoms with van der Waals surface area (Å²) in [6.07, 6.45) is 5.06. The quantitative estimate of drug-likeness (QED) is 0.0287. The maximum Gasteiger partial charge on any atom is 0.274 e. The van der Waals surface area contributed by atoms with E-state index >= 15 is 0 Å². The first-order valence-electron chi connectivity index (χ1n) is 40.7. The molecule has 1 saturated heterocycles. The molecule has 0 amide bonds. The van der Waals surface area contributed by atoms with Gasteiger partial charge in [0, 0.05) is 84.6 Å². The van der Waals surface area contributed by atoms with Crippen LogP contribution < -0.4 is 58.5 Å². The van der Waals surface area contributed by atoms with Crippen molar-refractivity contribution in [3.8, 4) is 67.1 Å². The Balaban J connectivity index is 0.000000118. The van der Waals surface area contributed by atoms with Gasteiger partial charge in [-0.3, -0.25) is 54.4 Å². The first-order valence-corrected chi connectivity index (χ1v) is 44.4. The Bertz CT molecular complexity index is 7290. The molecule has 0 spiro atoms. The second kappa shape index (κ2) is 41.2. The number of fused-ring (bicyclic) bond motifs is 5. The number of anilines is 4. The lowest BCUT2D eigenvalue weighted by atomic mass is 10.2. The Kier molecular flexibility index (Phi) is 28.0. The fourth-order valence-electron chi connectivity index (χ4n) is 13.5. The first kappa shape index (κ1) is 87.1. The molecule has 13 heterocycles. The molecule has 12 aromatic heterocycles. The molecular weight excluding hydrogens is 1820 g/mol. The second-order valence-electron chi connectivity index (χ2n) is 28.8. The zero-order chi connectivity index (χ0) is 88.4. The Morgan fingerprint density at radius 1 is 0.383 bits per heavy atom.